The first-order valence-corrected chi connectivity index (χ1v) is 6.32. The van der Waals surface area contributed by atoms with Crippen molar-refractivity contribution >= 4 is 23.2 Å². The van der Waals surface area contributed by atoms with Gasteiger partial charge in [-0.3, -0.25) is 4.79 Å². The fraction of sp³-hybridized carbons (Fsp3) is 0.462. The highest BCUT2D eigenvalue weighted by Gasteiger charge is 2.18. The molecule has 0 aliphatic carbocycles. The van der Waals surface area contributed by atoms with Crippen molar-refractivity contribution in [2.24, 2.45) is 0 Å². The van der Waals surface area contributed by atoms with E-state index in [2.05, 4.69) is 0 Å². The molecule has 0 aliphatic heterocycles. The van der Waals surface area contributed by atoms with Crippen LogP contribution in [0.1, 0.15) is 30.6 Å². The Morgan fingerprint density at radius 1 is 1.50 bits per heavy atom. The first-order chi connectivity index (χ1) is 8.47. The van der Waals surface area contributed by atoms with Crippen LogP contribution < -0.4 is 5.73 Å². The molecule has 0 unspecified atom stereocenters. The average Bonchev–Trinajstić information content (AvgIpc) is 2.32. The molecule has 0 saturated carbocycles. The van der Waals surface area contributed by atoms with Crippen molar-refractivity contribution in [2.45, 2.75) is 26.3 Å². The third kappa shape index (κ3) is 3.62. The third-order valence-electron chi connectivity index (χ3n) is 2.68. The minimum absolute atomic E-state index is 0.0687. The SMILES string of the molecule is CC(C)N(CCCO)C(=O)c1ccc(Cl)c(N)c1. The standard InChI is InChI=1S/C13H19ClN2O2/c1-9(2)16(6-3-7-17)13(18)10-4-5-11(14)12(15)8-10/h4-5,8-9,17H,3,6-7,15H2,1-2H3. The van der Waals surface area contributed by atoms with Gasteiger partial charge in [-0.1, -0.05) is 11.6 Å². The smallest absolute Gasteiger partial charge is 0.254 e. The van der Waals surface area contributed by atoms with E-state index in [9.17, 15) is 4.79 Å². The second-order valence-corrected chi connectivity index (χ2v) is 4.81. The van der Waals surface area contributed by atoms with Crippen molar-refractivity contribution in [3.05, 3.63) is 28.8 Å². The lowest BCUT2D eigenvalue weighted by molar-refractivity contribution is 0.0693. The molecular weight excluding hydrogens is 252 g/mol. The summed E-state index contributed by atoms with van der Waals surface area (Å²) >= 11 is 5.83. The number of hydrogen-bond donors (Lipinski definition) is 2. The highest BCUT2D eigenvalue weighted by Crippen LogP contribution is 2.21. The second-order valence-electron chi connectivity index (χ2n) is 4.41. The van der Waals surface area contributed by atoms with Gasteiger partial charge in [0.05, 0.1) is 10.7 Å². The Hall–Kier alpha value is -1.26. The Balaban J connectivity index is 2.91. The molecule has 18 heavy (non-hydrogen) atoms. The maximum absolute atomic E-state index is 12.3. The number of carbonyl (C=O) groups excluding carboxylic acids is 1. The summed E-state index contributed by atoms with van der Waals surface area (Å²) in [6.07, 6.45) is 0.562. The molecule has 1 rings (SSSR count). The number of amides is 1. The quantitative estimate of drug-likeness (QED) is 0.806. The number of aliphatic hydroxyl groups is 1. The molecule has 1 amide bonds. The minimum atomic E-state index is -0.0955. The largest absolute Gasteiger partial charge is 0.398 e. The normalized spacial score (nSPS) is 10.7. The fourth-order valence-corrected chi connectivity index (χ4v) is 1.80. The lowest BCUT2D eigenvalue weighted by atomic mass is 10.1. The Bertz CT molecular complexity index is 421. The van der Waals surface area contributed by atoms with Gasteiger partial charge in [0.15, 0.2) is 0 Å². The van der Waals surface area contributed by atoms with E-state index < -0.39 is 0 Å². The van der Waals surface area contributed by atoms with Gasteiger partial charge in [-0.2, -0.15) is 0 Å². The fourth-order valence-electron chi connectivity index (χ4n) is 1.68. The zero-order chi connectivity index (χ0) is 13.7. The van der Waals surface area contributed by atoms with Crippen LogP contribution in [0.15, 0.2) is 18.2 Å². The number of rotatable bonds is 5. The molecule has 5 heteroatoms. The van der Waals surface area contributed by atoms with Gasteiger partial charge in [0.25, 0.3) is 5.91 Å². The molecule has 0 heterocycles. The lowest BCUT2D eigenvalue weighted by Gasteiger charge is -2.26. The van der Waals surface area contributed by atoms with Gasteiger partial charge in [-0.05, 0) is 38.5 Å². The van der Waals surface area contributed by atoms with Crippen LogP contribution in [0.2, 0.25) is 5.02 Å². The van der Waals surface area contributed by atoms with E-state index in [0.717, 1.165) is 0 Å². The Labute approximate surface area is 112 Å². The molecule has 1 aromatic rings. The summed E-state index contributed by atoms with van der Waals surface area (Å²) in [6, 6.07) is 4.93. The highest BCUT2D eigenvalue weighted by molar-refractivity contribution is 6.33. The van der Waals surface area contributed by atoms with Crippen LogP contribution in [0.25, 0.3) is 0 Å². The number of carbonyl (C=O) groups is 1. The molecule has 4 nitrogen and oxygen atoms in total. The van der Waals surface area contributed by atoms with Crippen LogP contribution in [0.4, 0.5) is 5.69 Å². The molecule has 0 fully saturated rings. The van der Waals surface area contributed by atoms with Crippen molar-refractivity contribution in [2.75, 3.05) is 18.9 Å². The maximum Gasteiger partial charge on any atom is 0.254 e. The van der Waals surface area contributed by atoms with Crippen LogP contribution in [0.5, 0.6) is 0 Å². The van der Waals surface area contributed by atoms with Crippen molar-refractivity contribution in [3.8, 4) is 0 Å². The van der Waals surface area contributed by atoms with Crippen LogP contribution in [0.3, 0.4) is 0 Å². The summed E-state index contributed by atoms with van der Waals surface area (Å²) in [7, 11) is 0. The lowest BCUT2D eigenvalue weighted by Crippen LogP contribution is -2.38. The zero-order valence-corrected chi connectivity index (χ0v) is 11.4. The third-order valence-corrected chi connectivity index (χ3v) is 3.03. The Kier molecular flexibility index (Phi) is 5.44. The Morgan fingerprint density at radius 3 is 2.67 bits per heavy atom. The van der Waals surface area contributed by atoms with E-state index in [-0.39, 0.29) is 18.6 Å². The summed E-state index contributed by atoms with van der Waals surface area (Å²) < 4.78 is 0. The van der Waals surface area contributed by atoms with Gasteiger partial charge < -0.3 is 15.7 Å². The number of nitrogen functional groups attached to an aromatic ring is 1. The van der Waals surface area contributed by atoms with E-state index in [1.54, 1.807) is 23.1 Å². The van der Waals surface area contributed by atoms with Crippen LogP contribution in [-0.2, 0) is 0 Å². The maximum atomic E-state index is 12.3. The van der Waals surface area contributed by atoms with E-state index in [1.807, 2.05) is 13.8 Å². The predicted octanol–water partition coefficient (Wildman–Crippen LogP) is 2.16. The number of benzene rings is 1. The Morgan fingerprint density at radius 2 is 2.17 bits per heavy atom. The average molecular weight is 271 g/mol. The van der Waals surface area contributed by atoms with Crippen LogP contribution in [-0.4, -0.2) is 35.1 Å². The number of nitrogens with zero attached hydrogens (tertiary/aromatic N) is 1. The second kappa shape index (κ2) is 6.61. The molecule has 3 N–H and O–H groups in total. The summed E-state index contributed by atoms with van der Waals surface area (Å²) in [6.45, 7) is 4.47. The molecule has 0 atom stereocenters. The van der Waals surface area contributed by atoms with Gasteiger partial charge in [-0.25, -0.2) is 0 Å². The number of anilines is 1. The topological polar surface area (TPSA) is 66.6 Å². The van der Waals surface area contributed by atoms with Crippen LogP contribution >= 0.6 is 11.6 Å². The first kappa shape index (κ1) is 14.8. The molecule has 0 aliphatic rings. The number of nitrogens with two attached hydrogens (primary N) is 1. The van der Waals surface area contributed by atoms with E-state index in [1.165, 1.54) is 0 Å². The number of hydrogen-bond acceptors (Lipinski definition) is 3. The van der Waals surface area contributed by atoms with Gasteiger partial charge in [-0.15, -0.1) is 0 Å². The van der Waals surface area contributed by atoms with Gasteiger partial charge in [0.2, 0.25) is 0 Å². The molecule has 0 bridgehead atoms. The molecule has 1 aromatic carbocycles. The summed E-state index contributed by atoms with van der Waals surface area (Å²) in [5, 5.41) is 9.30. The molecule has 0 spiro atoms. The zero-order valence-electron chi connectivity index (χ0n) is 10.7. The summed E-state index contributed by atoms with van der Waals surface area (Å²) in [5.74, 6) is -0.0955. The number of halogens is 1. The van der Waals surface area contributed by atoms with E-state index in [0.29, 0.717) is 29.2 Å². The predicted molar refractivity (Wildman–Crippen MR) is 73.7 cm³/mol. The molecular formula is C13H19ClN2O2. The van der Waals surface area contributed by atoms with E-state index >= 15 is 0 Å². The van der Waals surface area contributed by atoms with Crippen molar-refractivity contribution in [1.29, 1.82) is 0 Å². The van der Waals surface area contributed by atoms with Gasteiger partial charge in [0, 0.05) is 24.8 Å². The molecule has 0 aromatic heterocycles. The molecule has 0 saturated heterocycles. The van der Waals surface area contributed by atoms with Gasteiger partial charge in [0.1, 0.15) is 0 Å². The monoisotopic (exact) mass is 270 g/mol. The molecule has 100 valence electrons. The first-order valence-electron chi connectivity index (χ1n) is 5.94. The molecule has 0 radical (unpaired) electrons. The van der Waals surface area contributed by atoms with Crippen molar-refractivity contribution < 1.29 is 9.90 Å². The van der Waals surface area contributed by atoms with E-state index in [4.69, 9.17) is 22.4 Å². The highest BCUT2D eigenvalue weighted by atomic mass is 35.5. The number of aliphatic hydroxyl groups excluding tert-OH is 1. The van der Waals surface area contributed by atoms with Crippen molar-refractivity contribution in [1.82, 2.24) is 4.90 Å². The summed E-state index contributed by atoms with van der Waals surface area (Å²) in [5.41, 5.74) is 6.61. The van der Waals surface area contributed by atoms with Crippen LogP contribution in [0, 0.1) is 0 Å². The minimum Gasteiger partial charge on any atom is -0.398 e. The van der Waals surface area contributed by atoms with Gasteiger partial charge >= 0.3 is 0 Å². The van der Waals surface area contributed by atoms with Crippen molar-refractivity contribution in [3.63, 3.8) is 0 Å². The summed E-state index contributed by atoms with van der Waals surface area (Å²) in [4.78, 5) is 14.0.